The molecule has 0 saturated heterocycles. The van der Waals surface area contributed by atoms with E-state index in [1.165, 1.54) is 5.56 Å². The van der Waals surface area contributed by atoms with Crippen LogP contribution in [0.5, 0.6) is 0 Å². The molecule has 0 aromatic heterocycles. The lowest BCUT2D eigenvalue weighted by molar-refractivity contribution is -0.138. The monoisotopic (exact) mass is 247 g/mol. The van der Waals surface area contributed by atoms with Gasteiger partial charge < -0.3 is 10.0 Å². The van der Waals surface area contributed by atoms with Gasteiger partial charge in [0, 0.05) is 17.8 Å². The van der Waals surface area contributed by atoms with E-state index in [9.17, 15) is 9.90 Å². The number of anilines is 1. The summed E-state index contributed by atoms with van der Waals surface area (Å²) in [6.07, 6.45) is 1.01. The molecule has 1 aromatic rings. The maximum atomic E-state index is 11.2. The molecular weight excluding hydrogens is 226 g/mol. The van der Waals surface area contributed by atoms with Crippen molar-refractivity contribution in [1.29, 1.82) is 0 Å². The largest absolute Gasteiger partial charge is 0.481 e. The number of benzene rings is 1. The highest BCUT2D eigenvalue weighted by molar-refractivity contribution is 5.80. The number of para-hydroxylation sites is 1. The Kier molecular flexibility index (Phi) is 3.33. The zero-order chi connectivity index (χ0) is 13.4. The van der Waals surface area contributed by atoms with E-state index in [0.717, 1.165) is 17.7 Å². The van der Waals surface area contributed by atoms with Crippen LogP contribution in [0.25, 0.3) is 0 Å². The predicted molar refractivity (Wildman–Crippen MR) is 73.3 cm³/mol. The van der Waals surface area contributed by atoms with Gasteiger partial charge in [-0.05, 0) is 45.2 Å². The molecule has 2 rings (SSSR count). The minimum Gasteiger partial charge on any atom is -0.481 e. The SMILES string of the molecule is CC(C(=O)O)c1cccc2c1N(C(C)C)C(C)C2. The van der Waals surface area contributed by atoms with Crippen molar-refractivity contribution in [3.05, 3.63) is 29.3 Å². The van der Waals surface area contributed by atoms with Gasteiger partial charge in [0.2, 0.25) is 0 Å². The minimum absolute atomic E-state index is 0.392. The maximum absolute atomic E-state index is 11.2. The second-order valence-electron chi connectivity index (χ2n) is 5.47. The highest BCUT2D eigenvalue weighted by Crippen LogP contribution is 2.39. The van der Waals surface area contributed by atoms with E-state index in [-0.39, 0.29) is 0 Å². The van der Waals surface area contributed by atoms with Gasteiger partial charge in [-0.15, -0.1) is 0 Å². The molecule has 0 spiro atoms. The van der Waals surface area contributed by atoms with Crippen molar-refractivity contribution in [3.63, 3.8) is 0 Å². The molecule has 1 aliphatic heterocycles. The predicted octanol–water partition coefficient (Wildman–Crippen LogP) is 3.03. The van der Waals surface area contributed by atoms with E-state index >= 15 is 0 Å². The number of fused-ring (bicyclic) bond motifs is 1. The zero-order valence-corrected chi connectivity index (χ0v) is 11.5. The summed E-state index contributed by atoms with van der Waals surface area (Å²) < 4.78 is 0. The van der Waals surface area contributed by atoms with Crippen LogP contribution in [0.2, 0.25) is 0 Å². The normalized spacial score (nSPS) is 20.1. The Morgan fingerprint density at radius 2 is 2.06 bits per heavy atom. The van der Waals surface area contributed by atoms with Crippen molar-refractivity contribution in [2.24, 2.45) is 0 Å². The number of carbonyl (C=O) groups is 1. The number of carboxylic acids is 1. The first kappa shape index (κ1) is 12.9. The van der Waals surface area contributed by atoms with Gasteiger partial charge >= 0.3 is 5.97 Å². The average Bonchev–Trinajstić information content (AvgIpc) is 2.63. The Morgan fingerprint density at radius 1 is 1.39 bits per heavy atom. The van der Waals surface area contributed by atoms with Crippen LogP contribution in [0.3, 0.4) is 0 Å². The van der Waals surface area contributed by atoms with Crippen LogP contribution in [-0.4, -0.2) is 23.2 Å². The molecule has 0 saturated carbocycles. The van der Waals surface area contributed by atoms with Crippen molar-refractivity contribution >= 4 is 11.7 Å². The Hall–Kier alpha value is -1.51. The summed E-state index contributed by atoms with van der Waals surface area (Å²) in [7, 11) is 0. The highest BCUT2D eigenvalue weighted by atomic mass is 16.4. The van der Waals surface area contributed by atoms with Crippen LogP contribution in [0, 0.1) is 0 Å². The van der Waals surface area contributed by atoms with Crippen LogP contribution >= 0.6 is 0 Å². The van der Waals surface area contributed by atoms with E-state index in [1.54, 1.807) is 6.92 Å². The molecule has 3 nitrogen and oxygen atoms in total. The Morgan fingerprint density at radius 3 is 2.61 bits per heavy atom. The first-order chi connectivity index (χ1) is 8.43. The van der Waals surface area contributed by atoms with Gasteiger partial charge in [-0.25, -0.2) is 0 Å². The number of carboxylic acid groups (broad SMARTS) is 1. The lowest BCUT2D eigenvalue weighted by Gasteiger charge is -2.31. The molecule has 1 N–H and O–H groups in total. The van der Waals surface area contributed by atoms with E-state index in [1.807, 2.05) is 12.1 Å². The van der Waals surface area contributed by atoms with Gasteiger partial charge in [-0.2, -0.15) is 0 Å². The highest BCUT2D eigenvalue weighted by Gasteiger charge is 2.32. The van der Waals surface area contributed by atoms with Crippen molar-refractivity contribution < 1.29 is 9.90 Å². The number of aliphatic carboxylic acids is 1. The molecule has 1 aromatic carbocycles. The van der Waals surface area contributed by atoms with Crippen molar-refractivity contribution in [2.75, 3.05) is 4.90 Å². The van der Waals surface area contributed by atoms with E-state index in [0.29, 0.717) is 12.1 Å². The van der Waals surface area contributed by atoms with E-state index in [4.69, 9.17) is 0 Å². The van der Waals surface area contributed by atoms with Crippen LogP contribution in [0.4, 0.5) is 5.69 Å². The lowest BCUT2D eigenvalue weighted by atomic mass is 9.96. The molecule has 1 aliphatic rings. The third kappa shape index (κ3) is 1.98. The van der Waals surface area contributed by atoms with Gasteiger partial charge in [0.15, 0.2) is 0 Å². The summed E-state index contributed by atoms with van der Waals surface area (Å²) in [6.45, 7) is 8.29. The molecule has 18 heavy (non-hydrogen) atoms. The summed E-state index contributed by atoms with van der Waals surface area (Å²) in [6, 6.07) is 6.88. The van der Waals surface area contributed by atoms with Gasteiger partial charge in [-0.3, -0.25) is 4.79 Å². The van der Waals surface area contributed by atoms with Gasteiger partial charge in [0.25, 0.3) is 0 Å². The van der Waals surface area contributed by atoms with E-state index < -0.39 is 11.9 Å². The zero-order valence-electron chi connectivity index (χ0n) is 11.5. The van der Waals surface area contributed by atoms with Crippen LogP contribution in [-0.2, 0) is 11.2 Å². The fraction of sp³-hybridized carbons (Fsp3) is 0.533. The first-order valence-corrected chi connectivity index (χ1v) is 6.56. The van der Waals surface area contributed by atoms with E-state index in [2.05, 4.69) is 31.7 Å². The maximum Gasteiger partial charge on any atom is 0.310 e. The number of hydrogen-bond acceptors (Lipinski definition) is 2. The summed E-state index contributed by atoms with van der Waals surface area (Å²) in [4.78, 5) is 13.6. The van der Waals surface area contributed by atoms with Gasteiger partial charge in [0.05, 0.1) is 5.92 Å². The van der Waals surface area contributed by atoms with Crippen LogP contribution in [0.15, 0.2) is 18.2 Å². The molecular formula is C15H21NO2. The topological polar surface area (TPSA) is 40.5 Å². The van der Waals surface area contributed by atoms with Gasteiger partial charge in [0.1, 0.15) is 0 Å². The van der Waals surface area contributed by atoms with Crippen molar-refractivity contribution in [1.82, 2.24) is 0 Å². The quantitative estimate of drug-likeness (QED) is 0.892. The molecule has 1 heterocycles. The summed E-state index contributed by atoms with van der Waals surface area (Å²) in [5.74, 6) is -1.21. The van der Waals surface area contributed by atoms with Crippen molar-refractivity contribution in [3.8, 4) is 0 Å². The lowest BCUT2D eigenvalue weighted by Crippen LogP contribution is -2.36. The number of hydrogen-bond donors (Lipinski definition) is 1. The second-order valence-corrected chi connectivity index (χ2v) is 5.47. The number of nitrogens with zero attached hydrogens (tertiary/aromatic N) is 1. The smallest absolute Gasteiger partial charge is 0.310 e. The Balaban J connectivity index is 2.53. The molecule has 2 atom stereocenters. The third-order valence-corrected chi connectivity index (χ3v) is 3.79. The summed E-state index contributed by atoms with van der Waals surface area (Å²) >= 11 is 0. The Labute approximate surface area is 108 Å². The minimum atomic E-state index is -0.758. The molecule has 2 unspecified atom stereocenters. The second kappa shape index (κ2) is 4.63. The fourth-order valence-corrected chi connectivity index (χ4v) is 2.98. The molecule has 0 aliphatic carbocycles. The van der Waals surface area contributed by atoms with Crippen molar-refractivity contribution in [2.45, 2.75) is 52.1 Å². The number of rotatable bonds is 3. The molecule has 0 radical (unpaired) electrons. The molecule has 98 valence electrons. The average molecular weight is 247 g/mol. The summed E-state index contributed by atoms with van der Waals surface area (Å²) in [5, 5.41) is 9.24. The molecule has 0 fully saturated rings. The van der Waals surface area contributed by atoms with Crippen LogP contribution < -0.4 is 4.90 Å². The summed E-state index contributed by atoms with van der Waals surface area (Å²) in [5.41, 5.74) is 3.37. The third-order valence-electron chi connectivity index (χ3n) is 3.79. The first-order valence-electron chi connectivity index (χ1n) is 6.56. The van der Waals surface area contributed by atoms with Gasteiger partial charge in [-0.1, -0.05) is 18.2 Å². The molecule has 3 heteroatoms. The fourth-order valence-electron chi connectivity index (χ4n) is 2.98. The Bertz CT molecular complexity index is 468. The van der Waals surface area contributed by atoms with Crippen LogP contribution in [0.1, 0.15) is 44.7 Å². The standard InChI is InChI=1S/C15H21NO2/c1-9(2)16-10(3)8-12-6-5-7-13(14(12)16)11(4)15(17)18/h5-7,9-11H,8H2,1-4H3,(H,17,18). The molecule has 0 amide bonds. The molecule has 0 bridgehead atoms.